The van der Waals surface area contributed by atoms with Crippen molar-refractivity contribution >= 4 is 5.91 Å². The quantitative estimate of drug-likeness (QED) is 0.785. The third-order valence-corrected chi connectivity index (χ3v) is 4.36. The molecule has 0 N–H and O–H groups in total. The molecule has 1 aliphatic carbocycles. The Balaban J connectivity index is 1.59. The highest BCUT2D eigenvalue weighted by molar-refractivity contribution is 5.77. The van der Waals surface area contributed by atoms with Crippen LogP contribution in [0.4, 0.5) is 0 Å². The number of hydrogen-bond donors (Lipinski definition) is 0. The Bertz CT molecular complexity index is 626. The summed E-state index contributed by atoms with van der Waals surface area (Å²) in [5.41, 5.74) is 2.16. The largest absolute Gasteiger partial charge is 0.333 e. The summed E-state index contributed by atoms with van der Waals surface area (Å²) in [5, 5.41) is 0. The van der Waals surface area contributed by atoms with Crippen LogP contribution in [0.25, 0.3) is 0 Å². The van der Waals surface area contributed by atoms with Crippen LogP contribution in [0.5, 0.6) is 0 Å². The number of amides is 1. The Kier molecular flexibility index (Phi) is 5.01. The van der Waals surface area contributed by atoms with E-state index in [0.29, 0.717) is 12.5 Å². The summed E-state index contributed by atoms with van der Waals surface area (Å²) in [5.74, 6) is 0.250. The maximum atomic E-state index is 12.7. The van der Waals surface area contributed by atoms with Crippen molar-refractivity contribution in [3.63, 3.8) is 0 Å². The fourth-order valence-corrected chi connectivity index (χ4v) is 2.97. The van der Waals surface area contributed by atoms with Crippen molar-refractivity contribution in [1.82, 2.24) is 14.9 Å². The maximum Gasteiger partial charge on any atom is 0.223 e. The number of nitrogens with zero attached hydrogens (tertiary/aromatic N) is 3. The fraction of sp³-hybridized carbons (Fsp3) is 0.421. The molecule has 1 aliphatic rings. The van der Waals surface area contributed by atoms with Gasteiger partial charge in [-0.25, -0.2) is 0 Å². The van der Waals surface area contributed by atoms with Gasteiger partial charge in [-0.2, -0.15) is 0 Å². The van der Waals surface area contributed by atoms with Crippen LogP contribution >= 0.6 is 0 Å². The molecule has 1 amide bonds. The van der Waals surface area contributed by atoms with E-state index in [1.54, 1.807) is 12.4 Å². The fourth-order valence-electron chi connectivity index (χ4n) is 2.97. The van der Waals surface area contributed by atoms with Gasteiger partial charge in [-0.15, -0.1) is 0 Å². The monoisotopic (exact) mass is 309 g/mol. The van der Waals surface area contributed by atoms with E-state index in [2.05, 4.69) is 21.8 Å². The van der Waals surface area contributed by atoms with Crippen LogP contribution in [0.2, 0.25) is 0 Å². The lowest BCUT2D eigenvalue weighted by Crippen LogP contribution is -2.35. The highest BCUT2D eigenvalue weighted by atomic mass is 16.2. The van der Waals surface area contributed by atoms with Crippen molar-refractivity contribution < 1.29 is 4.79 Å². The van der Waals surface area contributed by atoms with E-state index in [9.17, 15) is 4.79 Å². The zero-order valence-electron chi connectivity index (χ0n) is 13.6. The molecule has 0 aromatic carbocycles. The van der Waals surface area contributed by atoms with E-state index < -0.39 is 0 Å². The van der Waals surface area contributed by atoms with Crippen LogP contribution in [0, 0.1) is 0 Å². The third-order valence-electron chi connectivity index (χ3n) is 4.36. The molecule has 0 aliphatic heterocycles. The lowest BCUT2D eigenvalue weighted by atomic mass is 10.1. The topological polar surface area (TPSA) is 46.1 Å². The Morgan fingerprint density at radius 2 is 2.13 bits per heavy atom. The lowest BCUT2D eigenvalue weighted by molar-refractivity contribution is -0.134. The zero-order chi connectivity index (χ0) is 16.1. The second kappa shape index (κ2) is 7.36. The molecule has 1 fully saturated rings. The normalized spacial score (nSPS) is 15.2. The molecule has 3 rings (SSSR count). The van der Waals surface area contributed by atoms with Gasteiger partial charge in [0.1, 0.15) is 0 Å². The van der Waals surface area contributed by atoms with Crippen LogP contribution in [-0.4, -0.2) is 26.8 Å². The number of aromatic nitrogens is 2. The molecule has 2 heterocycles. The molecule has 0 saturated heterocycles. The van der Waals surface area contributed by atoms with Crippen molar-refractivity contribution in [3.05, 3.63) is 60.2 Å². The molecule has 4 nitrogen and oxygen atoms in total. The first kappa shape index (κ1) is 15.7. The summed E-state index contributed by atoms with van der Waals surface area (Å²) >= 11 is 0. The number of rotatable bonds is 7. The molecule has 0 radical (unpaired) electrons. The number of carbonyl (C=O) groups is 1. The van der Waals surface area contributed by atoms with Crippen molar-refractivity contribution in [2.24, 2.45) is 0 Å². The summed E-state index contributed by atoms with van der Waals surface area (Å²) in [7, 11) is 0. The molecule has 0 bridgehead atoms. The van der Waals surface area contributed by atoms with Gasteiger partial charge in [0, 0.05) is 36.7 Å². The van der Waals surface area contributed by atoms with Crippen LogP contribution < -0.4 is 0 Å². The summed E-state index contributed by atoms with van der Waals surface area (Å²) < 4.78 is 0. The Hall–Kier alpha value is -2.23. The van der Waals surface area contributed by atoms with Crippen LogP contribution in [0.15, 0.2) is 48.9 Å². The van der Waals surface area contributed by atoms with Gasteiger partial charge in [-0.05, 0) is 56.4 Å². The lowest BCUT2D eigenvalue weighted by Gasteiger charge is -2.29. The van der Waals surface area contributed by atoms with E-state index >= 15 is 0 Å². The van der Waals surface area contributed by atoms with Crippen molar-refractivity contribution in [3.8, 4) is 0 Å². The predicted molar refractivity (Wildman–Crippen MR) is 89.7 cm³/mol. The number of carbonyl (C=O) groups excluding carboxylic acids is 1. The number of hydrogen-bond acceptors (Lipinski definition) is 3. The first-order valence-corrected chi connectivity index (χ1v) is 8.36. The smallest absolute Gasteiger partial charge is 0.223 e. The minimum Gasteiger partial charge on any atom is -0.333 e. The minimum absolute atomic E-state index is 0.0959. The van der Waals surface area contributed by atoms with Gasteiger partial charge in [0.05, 0.1) is 6.04 Å². The average molecular weight is 309 g/mol. The van der Waals surface area contributed by atoms with E-state index in [4.69, 9.17) is 0 Å². The molecule has 23 heavy (non-hydrogen) atoms. The zero-order valence-corrected chi connectivity index (χ0v) is 13.6. The van der Waals surface area contributed by atoms with Crippen LogP contribution in [-0.2, 0) is 11.2 Å². The van der Waals surface area contributed by atoms with Crippen molar-refractivity contribution in [2.45, 2.75) is 51.1 Å². The third kappa shape index (κ3) is 4.15. The SMILES string of the molecule is C[C@H](c1cccnc1)N(C(=O)CCCc1ccccn1)C1CC1. The van der Waals surface area contributed by atoms with Gasteiger partial charge in [0.25, 0.3) is 0 Å². The Labute approximate surface area is 137 Å². The van der Waals surface area contributed by atoms with Gasteiger partial charge in [0.15, 0.2) is 0 Å². The number of aryl methyl sites for hydroxylation is 1. The predicted octanol–water partition coefficient (Wildman–Crippen LogP) is 3.55. The summed E-state index contributed by atoms with van der Waals surface area (Å²) in [6.07, 6.45) is 9.96. The van der Waals surface area contributed by atoms with E-state index in [1.807, 2.05) is 36.5 Å². The molecule has 2 aromatic heterocycles. The van der Waals surface area contributed by atoms with Gasteiger partial charge in [-0.3, -0.25) is 14.8 Å². The second-order valence-electron chi connectivity index (χ2n) is 6.17. The van der Waals surface area contributed by atoms with Gasteiger partial charge >= 0.3 is 0 Å². The van der Waals surface area contributed by atoms with Gasteiger partial charge in [0.2, 0.25) is 5.91 Å². The molecule has 0 spiro atoms. The average Bonchev–Trinajstić information content (AvgIpc) is 3.41. The molecule has 2 aromatic rings. The summed E-state index contributed by atoms with van der Waals surface area (Å²) in [4.78, 5) is 23.3. The van der Waals surface area contributed by atoms with Crippen LogP contribution in [0.3, 0.4) is 0 Å². The number of pyridine rings is 2. The molecule has 0 unspecified atom stereocenters. The van der Waals surface area contributed by atoms with Crippen molar-refractivity contribution in [1.29, 1.82) is 0 Å². The second-order valence-corrected chi connectivity index (χ2v) is 6.17. The molecular weight excluding hydrogens is 286 g/mol. The van der Waals surface area contributed by atoms with Gasteiger partial charge in [-0.1, -0.05) is 12.1 Å². The van der Waals surface area contributed by atoms with Crippen molar-refractivity contribution in [2.75, 3.05) is 0 Å². The standard InChI is InChI=1S/C19H23N3O/c1-15(16-6-5-12-20-14-16)22(18-10-11-18)19(23)9-4-8-17-7-2-3-13-21-17/h2-3,5-7,12-15,18H,4,8-11H2,1H3/t15-/m1/s1. The van der Waals surface area contributed by atoms with Crippen LogP contribution in [0.1, 0.15) is 49.9 Å². The molecule has 4 heteroatoms. The summed E-state index contributed by atoms with van der Waals surface area (Å²) in [6.45, 7) is 2.10. The Morgan fingerprint density at radius 1 is 1.26 bits per heavy atom. The Morgan fingerprint density at radius 3 is 2.78 bits per heavy atom. The van der Waals surface area contributed by atoms with E-state index in [0.717, 1.165) is 36.9 Å². The minimum atomic E-state index is 0.0959. The highest BCUT2D eigenvalue weighted by Gasteiger charge is 2.35. The molecule has 1 saturated carbocycles. The van der Waals surface area contributed by atoms with E-state index in [1.165, 1.54) is 0 Å². The first-order chi connectivity index (χ1) is 11.3. The van der Waals surface area contributed by atoms with E-state index in [-0.39, 0.29) is 11.9 Å². The molecular formula is C19H23N3O. The summed E-state index contributed by atoms with van der Waals surface area (Å²) in [6, 6.07) is 10.4. The molecule has 120 valence electrons. The van der Waals surface area contributed by atoms with Gasteiger partial charge < -0.3 is 4.90 Å². The molecule has 1 atom stereocenters. The highest BCUT2D eigenvalue weighted by Crippen LogP contribution is 2.34. The first-order valence-electron chi connectivity index (χ1n) is 8.36. The maximum absolute atomic E-state index is 12.7.